The van der Waals surface area contributed by atoms with Crippen LogP contribution in [-0.2, 0) is 4.79 Å². The zero-order valence-corrected chi connectivity index (χ0v) is 17.8. The minimum Gasteiger partial charge on any atom is -0.490 e. The fourth-order valence-corrected chi connectivity index (χ4v) is 4.12. The Labute approximate surface area is 166 Å². The summed E-state index contributed by atoms with van der Waals surface area (Å²) in [5.74, 6) is 1.12. The average Bonchev–Trinajstić information content (AvgIpc) is 2.84. The van der Waals surface area contributed by atoms with Crippen LogP contribution in [0, 0.1) is 3.57 Å². The molecule has 0 spiro atoms. The summed E-state index contributed by atoms with van der Waals surface area (Å²) >= 11 is 3.17. The second kappa shape index (κ2) is 8.93. The highest BCUT2D eigenvalue weighted by atomic mass is 127. The molecule has 0 radical (unpaired) electrons. The van der Waals surface area contributed by atoms with Gasteiger partial charge in [-0.3, -0.25) is 14.5 Å². The van der Waals surface area contributed by atoms with E-state index in [0.29, 0.717) is 29.6 Å². The molecule has 7 heteroatoms. The van der Waals surface area contributed by atoms with Crippen molar-refractivity contribution in [2.75, 3.05) is 13.2 Å². The van der Waals surface area contributed by atoms with Crippen LogP contribution < -0.4 is 9.47 Å². The molecule has 1 aromatic carbocycles. The van der Waals surface area contributed by atoms with Crippen molar-refractivity contribution in [2.45, 2.75) is 40.2 Å². The number of hydrogen-bond acceptors (Lipinski definition) is 5. The highest BCUT2D eigenvalue weighted by Gasteiger charge is 2.37. The Morgan fingerprint density at radius 2 is 1.88 bits per heavy atom. The molecular weight excluding hydrogens is 453 g/mol. The molecule has 1 atom stereocenters. The van der Waals surface area contributed by atoms with E-state index in [0.717, 1.165) is 27.3 Å². The Balaban J connectivity index is 2.38. The lowest BCUT2D eigenvalue weighted by atomic mass is 10.1. The first kappa shape index (κ1) is 20.1. The van der Waals surface area contributed by atoms with Gasteiger partial charge in [-0.15, -0.1) is 0 Å². The van der Waals surface area contributed by atoms with Crippen molar-refractivity contribution < 1.29 is 19.1 Å². The van der Waals surface area contributed by atoms with Crippen molar-refractivity contribution in [1.82, 2.24) is 4.90 Å². The third-order valence-corrected chi connectivity index (χ3v) is 5.46. The van der Waals surface area contributed by atoms with Crippen LogP contribution in [0.1, 0.15) is 39.7 Å². The van der Waals surface area contributed by atoms with Crippen molar-refractivity contribution >= 4 is 51.6 Å². The SMILES string of the molecule is CCOc1cc(/C=C2/SC(=O)N([C@@H](C)CC)C2=O)cc(I)c1OCC. The number of rotatable bonds is 7. The number of benzene rings is 1. The molecule has 1 aliphatic heterocycles. The molecule has 1 fully saturated rings. The molecule has 25 heavy (non-hydrogen) atoms. The minimum absolute atomic E-state index is 0.0992. The molecule has 5 nitrogen and oxygen atoms in total. The van der Waals surface area contributed by atoms with Gasteiger partial charge in [-0.25, -0.2) is 0 Å². The van der Waals surface area contributed by atoms with Gasteiger partial charge in [0.15, 0.2) is 11.5 Å². The number of nitrogens with zero attached hydrogens (tertiary/aromatic N) is 1. The predicted octanol–water partition coefficient (Wildman–Crippen LogP) is 4.92. The van der Waals surface area contributed by atoms with E-state index < -0.39 is 0 Å². The summed E-state index contributed by atoms with van der Waals surface area (Å²) in [6.07, 6.45) is 2.48. The van der Waals surface area contributed by atoms with Gasteiger partial charge in [0.25, 0.3) is 11.1 Å². The van der Waals surface area contributed by atoms with Gasteiger partial charge in [0.1, 0.15) is 0 Å². The molecule has 0 saturated carbocycles. The number of hydrogen-bond donors (Lipinski definition) is 0. The number of ether oxygens (including phenoxy) is 2. The normalized spacial score (nSPS) is 17.3. The topological polar surface area (TPSA) is 55.8 Å². The first-order valence-electron chi connectivity index (χ1n) is 8.29. The maximum absolute atomic E-state index is 12.5. The van der Waals surface area contributed by atoms with Crippen LogP contribution in [0.3, 0.4) is 0 Å². The van der Waals surface area contributed by atoms with E-state index in [4.69, 9.17) is 9.47 Å². The molecule has 2 rings (SSSR count). The Hall–Kier alpha value is -1.22. The van der Waals surface area contributed by atoms with Crippen LogP contribution in [0.4, 0.5) is 4.79 Å². The van der Waals surface area contributed by atoms with E-state index in [2.05, 4.69) is 22.6 Å². The molecule has 0 aliphatic carbocycles. The third kappa shape index (κ3) is 4.49. The molecule has 136 valence electrons. The van der Waals surface area contributed by atoms with Crippen molar-refractivity contribution in [3.8, 4) is 11.5 Å². The highest BCUT2D eigenvalue weighted by molar-refractivity contribution is 14.1. The van der Waals surface area contributed by atoms with Gasteiger partial charge in [0, 0.05) is 6.04 Å². The molecule has 2 amide bonds. The Kier molecular flexibility index (Phi) is 7.18. The van der Waals surface area contributed by atoms with Crippen molar-refractivity contribution in [3.05, 3.63) is 26.2 Å². The second-order valence-electron chi connectivity index (χ2n) is 5.50. The first-order valence-corrected chi connectivity index (χ1v) is 10.2. The van der Waals surface area contributed by atoms with Crippen molar-refractivity contribution in [3.63, 3.8) is 0 Å². The number of halogens is 1. The summed E-state index contributed by atoms with van der Waals surface area (Å²) in [7, 11) is 0. The quantitative estimate of drug-likeness (QED) is 0.414. The van der Waals surface area contributed by atoms with Gasteiger partial charge in [0.05, 0.1) is 21.7 Å². The molecule has 0 unspecified atom stereocenters. The fraction of sp³-hybridized carbons (Fsp3) is 0.444. The average molecular weight is 475 g/mol. The van der Waals surface area contributed by atoms with Gasteiger partial charge >= 0.3 is 0 Å². The van der Waals surface area contributed by atoms with Crippen LogP contribution in [0.25, 0.3) is 6.08 Å². The summed E-state index contributed by atoms with van der Waals surface area (Å²) in [6, 6.07) is 3.66. The molecule has 0 aromatic heterocycles. The van der Waals surface area contributed by atoms with Gasteiger partial charge in [-0.2, -0.15) is 0 Å². The smallest absolute Gasteiger partial charge is 0.293 e. The maximum atomic E-state index is 12.5. The Bertz CT molecular complexity index is 705. The van der Waals surface area contributed by atoms with E-state index in [1.54, 1.807) is 6.08 Å². The monoisotopic (exact) mass is 475 g/mol. The summed E-state index contributed by atoms with van der Waals surface area (Å²) < 4.78 is 12.2. The zero-order valence-electron chi connectivity index (χ0n) is 14.8. The molecule has 1 aromatic rings. The number of thioether (sulfide) groups is 1. The van der Waals surface area contributed by atoms with Crippen molar-refractivity contribution in [1.29, 1.82) is 0 Å². The lowest BCUT2D eigenvalue weighted by Crippen LogP contribution is -2.36. The van der Waals surface area contributed by atoms with E-state index in [-0.39, 0.29) is 17.2 Å². The van der Waals surface area contributed by atoms with Crippen LogP contribution in [0.15, 0.2) is 17.0 Å². The minimum atomic E-state index is -0.230. The van der Waals surface area contributed by atoms with Crippen LogP contribution >= 0.6 is 34.4 Å². The fourth-order valence-electron chi connectivity index (χ4n) is 2.41. The third-order valence-electron chi connectivity index (χ3n) is 3.77. The first-order chi connectivity index (χ1) is 11.9. The molecule has 1 aliphatic rings. The zero-order chi connectivity index (χ0) is 18.6. The predicted molar refractivity (Wildman–Crippen MR) is 109 cm³/mol. The largest absolute Gasteiger partial charge is 0.490 e. The van der Waals surface area contributed by atoms with Crippen molar-refractivity contribution in [2.24, 2.45) is 0 Å². The van der Waals surface area contributed by atoms with E-state index in [1.165, 1.54) is 4.90 Å². The standard InChI is InChI=1S/C18H22INO4S/c1-5-11(4)20-17(21)15(25-18(20)22)10-12-8-13(19)16(24-7-3)14(9-12)23-6-2/h8-11H,5-7H2,1-4H3/b15-10+/t11-/m0/s1. The van der Waals surface area contributed by atoms with Crippen LogP contribution in [0.5, 0.6) is 11.5 Å². The van der Waals surface area contributed by atoms with E-state index in [1.807, 2.05) is 39.8 Å². The number of imide groups is 1. The van der Waals surface area contributed by atoms with E-state index >= 15 is 0 Å². The second-order valence-corrected chi connectivity index (χ2v) is 7.66. The lowest BCUT2D eigenvalue weighted by Gasteiger charge is -2.19. The molecule has 1 saturated heterocycles. The Morgan fingerprint density at radius 3 is 2.48 bits per heavy atom. The number of amides is 2. The highest BCUT2D eigenvalue weighted by Crippen LogP contribution is 2.38. The van der Waals surface area contributed by atoms with Gasteiger partial charge in [-0.05, 0) is 85.3 Å². The van der Waals surface area contributed by atoms with Gasteiger partial charge in [0.2, 0.25) is 0 Å². The maximum Gasteiger partial charge on any atom is 0.293 e. The molecule has 1 heterocycles. The number of carbonyl (C=O) groups excluding carboxylic acids is 2. The molecule has 0 N–H and O–H groups in total. The Morgan fingerprint density at radius 1 is 1.20 bits per heavy atom. The summed E-state index contributed by atoms with van der Waals surface area (Å²) in [5.41, 5.74) is 0.811. The summed E-state index contributed by atoms with van der Waals surface area (Å²) in [6.45, 7) is 8.73. The van der Waals surface area contributed by atoms with Gasteiger partial charge in [-0.1, -0.05) is 6.92 Å². The van der Waals surface area contributed by atoms with Gasteiger partial charge < -0.3 is 9.47 Å². The van der Waals surface area contributed by atoms with Crippen LogP contribution in [0.2, 0.25) is 0 Å². The summed E-state index contributed by atoms with van der Waals surface area (Å²) in [4.78, 5) is 26.5. The molecular formula is C18H22INO4S. The number of carbonyl (C=O) groups is 2. The lowest BCUT2D eigenvalue weighted by molar-refractivity contribution is -0.124. The van der Waals surface area contributed by atoms with Crippen LogP contribution in [-0.4, -0.2) is 35.3 Å². The summed E-state index contributed by atoms with van der Waals surface area (Å²) in [5, 5.41) is -0.212. The van der Waals surface area contributed by atoms with E-state index in [9.17, 15) is 9.59 Å². The molecule has 0 bridgehead atoms.